The monoisotopic (exact) mass is 394 g/mol. The third-order valence-electron chi connectivity index (χ3n) is 5.11. The molecule has 1 aliphatic rings. The van der Waals surface area contributed by atoms with Gasteiger partial charge in [-0.2, -0.15) is 0 Å². The quantitative estimate of drug-likeness (QED) is 0.697. The lowest BCUT2D eigenvalue weighted by Gasteiger charge is -2.28. The van der Waals surface area contributed by atoms with Gasteiger partial charge in [0.05, 0.1) is 6.26 Å². The number of carbonyl (C=O) groups excluding carboxylic acids is 2. The Morgan fingerprint density at radius 2 is 2.11 bits per heavy atom. The molecule has 0 saturated heterocycles. The summed E-state index contributed by atoms with van der Waals surface area (Å²) in [5, 5.41) is 5.02. The molecule has 28 heavy (non-hydrogen) atoms. The van der Waals surface area contributed by atoms with Crippen LogP contribution < -0.4 is 5.32 Å². The molecule has 0 atom stereocenters. The van der Waals surface area contributed by atoms with Crippen LogP contribution >= 0.6 is 11.3 Å². The summed E-state index contributed by atoms with van der Waals surface area (Å²) in [5.41, 5.74) is 3.37. The molecule has 1 aliphatic heterocycles. The Morgan fingerprint density at radius 3 is 2.93 bits per heavy atom. The second-order valence-corrected chi connectivity index (χ2v) is 7.95. The molecule has 1 N–H and O–H groups in total. The van der Waals surface area contributed by atoms with Crippen molar-refractivity contribution >= 4 is 28.8 Å². The number of nitrogens with one attached hydrogen (secondary N) is 1. The number of anilines is 1. The molecular formula is C22H22N2O3S. The number of aryl methyl sites for hydroxylation is 1. The zero-order chi connectivity index (χ0) is 19.5. The van der Waals surface area contributed by atoms with Crippen molar-refractivity contribution in [1.82, 2.24) is 4.90 Å². The highest BCUT2D eigenvalue weighted by molar-refractivity contribution is 7.10. The van der Waals surface area contributed by atoms with Gasteiger partial charge in [0.25, 0.3) is 5.91 Å². The number of thiophene rings is 1. The molecule has 0 radical (unpaired) electrons. The van der Waals surface area contributed by atoms with E-state index in [-0.39, 0.29) is 11.8 Å². The summed E-state index contributed by atoms with van der Waals surface area (Å²) in [4.78, 5) is 28.6. The summed E-state index contributed by atoms with van der Waals surface area (Å²) in [7, 11) is 0. The van der Waals surface area contributed by atoms with E-state index in [2.05, 4.69) is 16.8 Å². The van der Waals surface area contributed by atoms with Gasteiger partial charge in [-0.15, -0.1) is 11.3 Å². The first-order chi connectivity index (χ1) is 13.6. The molecule has 0 aliphatic carbocycles. The topological polar surface area (TPSA) is 62.6 Å². The largest absolute Gasteiger partial charge is 0.469 e. The number of benzene rings is 1. The number of carbonyl (C=O) groups is 2. The van der Waals surface area contributed by atoms with E-state index in [9.17, 15) is 9.59 Å². The van der Waals surface area contributed by atoms with Crippen LogP contribution in [0.1, 0.15) is 38.5 Å². The summed E-state index contributed by atoms with van der Waals surface area (Å²) in [5.74, 6) is 0.708. The highest BCUT2D eigenvalue weighted by Crippen LogP contribution is 2.27. The maximum atomic E-state index is 13.1. The highest BCUT2D eigenvalue weighted by Gasteiger charge is 2.24. The number of amides is 2. The van der Waals surface area contributed by atoms with E-state index in [0.29, 0.717) is 30.6 Å². The zero-order valence-electron chi connectivity index (χ0n) is 15.7. The molecule has 5 nitrogen and oxygen atoms in total. The third-order valence-corrected chi connectivity index (χ3v) is 6.13. The van der Waals surface area contributed by atoms with E-state index in [4.69, 9.17) is 4.42 Å². The number of hydrogen-bond donors (Lipinski definition) is 1. The standard InChI is InChI=1S/C22H22N2O3S/c1-15-18(22(26)24-11-9-20-16(14-24)10-13-28-20)5-2-6-19(15)23-21(25)8-7-17-4-3-12-27-17/h2-6,10,12-13H,7-9,11,14H2,1H3,(H,23,25). The first kappa shape index (κ1) is 18.5. The molecule has 4 rings (SSSR count). The highest BCUT2D eigenvalue weighted by atomic mass is 32.1. The van der Waals surface area contributed by atoms with Gasteiger partial charge in [0, 0.05) is 42.1 Å². The molecule has 2 aromatic heterocycles. The SMILES string of the molecule is Cc1c(NC(=O)CCc2ccco2)cccc1C(=O)N1CCc2sccc2C1. The smallest absolute Gasteiger partial charge is 0.254 e. The number of hydrogen-bond acceptors (Lipinski definition) is 4. The van der Waals surface area contributed by atoms with Crippen LogP contribution in [0.15, 0.2) is 52.5 Å². The minimum atomic E-state index is -0.0926. The van der Waals surface area contributed by atoms with Gasteiger partial charge in [-0.25, -0.2) is 0 Å². The predicted octanol–water partition coefficient (Wildman–Crippen LogP) is 4.42. The van der Waals surface area contributed by atoms with Gasteiger partial charge < -0.3 is 14.6 Å². The van der Waals surface area contributed by atoms with Crippen LogP contribution in [0.2, 0.25) is 0 Å². The Morgan fingerprint density at radius 1 is 1.21 bits per heavy atom. The number of nitrogens with zero attached hydrogens (tertiary/aromatic N) is 1. The van der Waals surface area contributed by atoms with Crippen molar-refractivity contribution in [3.05, 3.63) is 75.4 Å². The Balaban J connectivity index is 1.44. The van der Waals surface area contributed by atoms with Crippen LogP contribution in [-0.2, 0) is 24.2 Å². The van der Waals surface area contributed by atoms with Crippen molar-refractivity contribution < 1.29 is 14.0 Å². The van der Waals surface area contributed by atoms with Gasteiger partial charge in [-0.1, -0.05) is 6.07 Å². The Kier molecular flexibility index (Phi) is 5.30. The van der Waals surface area contributed by atoms with Gasteiger partial charge in [-0.3, -0.25) is 9.59 Å². The molecular weight excluding hydrogens is 372 g/mol. The van der Waals surface area contributed by atoms with E-state index in [1.165, 1.54) is 10.4 Å². The van der Waals surface area contributed by atoms with E-state index in [1.54, 1.807) is 17.6 Å². The second kappa shape index (κ2) is 8.02. The predicted molar refractivity (Wildman–Crippen MR) is 110 cm³/mol. The van der Waals surface area contributed by atoms with Crippen LogP contribution in [0.25, 0.3) is 0 Å². The van der Waals surface area contributed by atoms with Crippen molar-refractivity contribution in [2.75, 3.05) is 11.9 Å². The van der Waals surface area contributed by atoms with Crippen molar-refractivity contribution in [2.24, 2.45) is 0 Å². The summed E-state index contributed by atoms with van der Waals surface area (Å²) in [6.07, 6.45) is 3.39. The van der Waals surface area contributed by atoms with Crippen LogP contribution in [-0.4, -0.2) is 23.3 Å². The van der Waals surface area contributed by atoms with Crippen molar-refractivity contribution in [3.63, 3.8) is 0 Å². The van der Waals surface area contributed by atoms with Crippen LogP contribution in [0.5, 0.6) is 0 Å². The Bertz CT molecular complexity index is 991. The van der Waals surface area contributed by atoms with Crippen LogP contribution in [0.4, 0.5) is 5.69 Å². The third kappa shape index (κ3) is 3.87. The van der Waals surface area contributed by atoms with Crippen molar-refractivity contribution in [3.8, 4) is 0 Å². The summed E-state index contributed by atoms with van der Waals surface area (Å²) >= 11 is 1.76. The van der Waals surface area contributed by atoms with Crippen LogP contribution in [0.3, 0.4) is 0 Å². The molecule has 0 bridgehead atoms. The van der Waals surface area contributed by atoms with Gasteiger partial charge in [0.15, 0.2) is 0 Å². The normalized spacial score (nSPS) is 13.2. The minimum Gasteiger partial charge on any atom is -0.469 e. The molecule has 0 spiro atoms. The minimum absolute atomic E-state index is 0.0148. The summed E-state index contributed by atoms with van der Waals surface area (Å²) in [6, 6.07) is 11.3. The van der Waals surface area contributed by atoms with E-state index >= 15 is 0 Å². The lowest BCUT2D eigenvalue weighted by molar-refractivity contribution is -0.116. The van der Waals surface area contributed by atoms with E-state index in [1.807, 2.05) is 42.2 Å². The fourth-order valence-corrected chi connectivity index (χ4v) is 4.39. The Labute approximate surface area is 168 Å². The van der Waals surface area contributed by atoms with Gasteiger partial charge in [0.2, 0.25) is 5.91 Å². The molecule has 2 amide bonds. The molecule has 6 heteroatoms. The second-order valence-electron chi connectivity index (χ2n) is 6.95. The Hall–Kier alpha value is -2.86. The number of rotatable bonds is 5. The lowest BCUT2D eigenvalue weighted by Crippen LogP contribution is -2.35. The molecule has 144 valence electrons. The van der Waals surface area contributed by atoms with Gasteiger partial charge in [-0.05, 0) is 60.2 Å². The maximum Gasteiger partial charge on any atom is 0.254 e. The zero-order valence-corrected chi connectivity index (χ0v) is 16.6. The molecule has 3 heterocycles. The van der Waals surface area contributed by atoms with E-state index in [0.717, 1.165) is 24.3 Å². The molecule has 0 unspecified atom stereocenters. The number of fused-ring (bicyclic) bond motifs is 1. The maximum absolute atomic E-state index is 13.1. The summed E-state index contributed by atoms with van der Waals surface area (Å²) < 4.78 is 5.27. The fourth-order valence-electron chi connectivity index (χ4n) is 3.50. The fraction of sp³-hybridized carbons (Fsp3) is 0.273. The number of furan rings is 1. The molecule has 0 fully saturated rings. The van der Waals surface area contributed by atoms with Crippen LogP contribution in [0, 0.1) is 6.92 Å². The average Bonchev–Trinajstić information content (AvgIpc) is 3.38. The first-order valence-corrected chi connectivity index (χ1v) is 10.3. The van der Waals surface area contributed by atoms with Gasteiger partial charge in [0.1, 0.15) is 5.76 Å². The molecule has 1 aromatic carbocycles. The molecule has 0 saturated carbocycles. The first-order valence-electron chi connectivity index (χ1n) is 9.38. The van der Waals surface area contributed by atoms with Crippen molar-refractivity contribution in [1.29, 1.82) is 0 Å². The van der Waals surface area contributed by atoms with Crippen molar-refractivity contribution in [2.45, 2.75) is 32.7 Å². The lowest BCUT2D eigenvalue weighted by atomic mass is 10.0. The van der Waals surface area contributed by atoms with E-state index < -0.39 is 0 Å². The average molecular weight is 394 g/mol. The molecule has 3 aromatic rings. The summed E-state index contributed by atoms with van der Waals surface area (Å²) in [6.45, 7) is 3.26. The van der Waals surface area contributed by atoms with Gasteiger partial charge >= 0.3 is 0 Å².